The van der Waals surface area contributed by atoms with E-state index in [0.717, 1.165) is 32.0 Å². The van der Waals surface area contributed by atoms with Crippen molar-refractivity contribution in [3.63, 3.8) is 0 Å². The lowest BCUT2D eigenvalue weighted by atomic mass is 10.2. The van der Waals surface area contributed by atoms with Crippen molar-refractivity contribution in [2.24, 2.45) is 0 Å². The van der Waals surface area contributed by atoms with Crippen LogP contribution in [0.2, 0.25) is 0 Å². The van der Waals surface area contributed by atoms with Gasteiger partial charge >= 0.3 is 0 Å². The van der Waals surface area contributed by atoms with Gasteiger partial charge in [-0.1, -0.05) is 6.07 Å². The predicted molar refractivity (Wildman–Crippen MR) is 73.9 cm³/mol. The Morgan fingerprint density at radius 1 is 1.37 bits per heavy atom. The number of rotatable bonds is 4. The topological polar surface area (TPSA) is 56.7 Å². The third-order valence-corrected chi connectivity index (χ3v) is 3.38. The van der Waals surface area contributed by atoms with Crippen molar-refractivity contribution in [1.82, 2.24) is 9.88 Å². The van der Waals surface area contributed by atoms with E-state index in [1.807, 2.05) is 23.1 Å². The maximum Gasteiger partial charge on any atom is 0.222 e. The Morgan fingerprint density at radius 2 is 2.11 bits per heavy atom. The number of hydrogen-bond donors (Lipinski definition) is 1. The van der Waals surface area contributed by atoms with Crippen LogP contribution in [0.1, 0.15) is 19.8 Å². The summed E-state index contributed by atoms with van der Waals surface area (Å²) < 4.78 is 0. The van der Waals surface area contributed by atoms with Crippen molar-refractivity contribution in [2.45, 2.75) is 25.9 Å². The van der Waals surface area contributed by atoms with E-state index < -0.39 is 6.10 Å². The van der Waals surface area contributed by atoms with Gasteiger partial charge in [-0.15, -0.1) is 0 Å². The van der Waals surface area contributed by atoms with Crippen LogP contribution < -0.4 is 4.90 Å². The summed E-state index contributed by atoms with van der Waals surface area (Å²) in [6.07, 6.45) is 2.36. The van der Waals surface area contributed by atoms with Crippen LogP contribution in [0.5, 0.6) is 0 Å². The molecule has 0 spiro atoms. The molecule has 5 heteroatoms. The minimum atomic E-state index is -0.404. The first-order valence-electron chi connectivity index (χ1n) is 6.78. The lowest BCUT2D eigenvalue weighted by molar-refractivity contribution is -0.132. The lowest BCUT2D eigenvalue weighted by Gasteiger charge is -2.35. The molecule has 1 N–H and O–H groups in total. The standard InChI is InChI=1S/C14H21N3O2/c1-12(18)5-6-14(19)17-10-8-16(9-11-17)13-4-2-3-7-15-13/h2-4,7,12,18H,5-6,8-11H2,1H3. The van der Waals surface area contributed by atoms with Gasteiger partial charge in [0.1, 0.15) is 5.82 Å². The second-order valence-electron chi connectivity index (χ2n) is 4.94. The first-order valence-corrected chi connectivity index (χ1v) is 6.78. The number of anilines is 1. The molecule has 0 bridgehead atoms. The van der Waals surface area contributed by atoms with Gasteiger partial charge in [0.15, 0.2) is 0 Å². The molecular weight excluding hydrogens is 242 g/mol. The summed E-state index contributed by atoms with van der Waals surface area (Å²) in [7, 11) is 0. The summed E-state index contributed by atoms with van der Waals surface area (Å²) >= 11 is 0. The summed E-state index contributed by atoms with van der Waals surface area (Å²) in [5, 5.41) is 9.20. The van der Waals surface area contributed by atoms with E-state index in [4.69, 9.17) is 0 Å². The minimum absolute atomic E-state index is 0.140. The van der Waals surface area contributed by atoms with Crippen LogP contribution in [0.15, 0.2) is 24.4 Å². The minimum Gasteiger partial charge on any atom is -0.393 e. The van der Waals surface area contributed by atoms with E-state index in [2.05, 4.69) is 9.88 Å². The van der Waals surface area contributed by atoms with E-state index in [9.17, 15) is 9.90 Å². The average Bonchev–Trinajstić information content (AvgIpc) is 2.46. The number of carbonyl (C=O) groups excluding carboxylic acids is 1. The largest absolute Gasteiger partial charge is 0.393 e. The van der Waals surface area contributed by atoms with Crippen molar-refractivity contribution in [3.05, 3.63) is 24.4 Å². The van der Waals surface area contributed by atoms with Crippen molar-refractivity contribution < 1.29 is 9.90 Å². The van der Waals surface area contributed by atoms with Crippen molar-refractivity contribution in [3.8, 4) is 0 Å². The number of piperazine rings is 1. The van der Waals surface area contributed by atoms with Gasteiger partial charge in [-0.2, -0.15) is 0 Å². The van der Waals surface area contributed by atoms with Gasteiger partial charge in [-0.3, -0.25) is 4.79 Å². The average molecular weight is 263 g/mol. The van der Waals surface area contributed by atoms with Crippen LogP contribution in [-0.4, -0.2) is 53.2 Å². The fourth-order valence-electron chi connectivity index (χ4n) is 2.22. The van der Waals surface area contributed by atoms with E-state index in [1.54, 1.807) is 13.1 Å². The monoisotopic (exact) mass is 263 g/mol. The molecule has 1 unspecified atom stereocenters. The number of aliphatic hydroxyl groups is 1. The molecule has 5 nitrogen and oxygen atoms in total. The zero-order valence-electron chi connectivity index (χ0n) is 11.3. The van der Waals surface area contributed by atoms with Gasteiger partial charge < -0.3 is 14.9 Å². The molecule has 1 fully saturated rings. The van der Waals surface area contributed by atoms with Crippen LogP contribution in [0.4, 0.5) is 5.82 Å². The number of nitrogens with zero attached hydrogens (tertiary/aromatic N) is 3. The highest BCUT2D eigenvalue weighted by atomic mass is 16.3. The fourth-order valence-corrected chi connectivity index (χ4v) is 2.22. The van der Waals surface area contributed by atoms with Crippen LogP contribution in [-0.2, 0) is 4.79 Å². The molecule has 2 heterocycles. The maximum atomic E-state index is 11.9. The first-order chi connectivity index (χ1) is 9.16. The van der Waals surface area contributed by atoms with E-state index in [-0.39, 0.29) is 5.91 Å². The Kier molecular flexibility index (Phi) is 4.74. The summed E-state index contributed by atoms with van der Waals surface area (Å²) in [4.78, 5) is 20.3. The molecule has 1 aromatic heterocycles. The zero-order chi connectivity index (χ0) is 13.7. The SMILES string of the molecule is CC(O)CCC(=O)N1CCN(c2ccccn2)CC1. The van der Waals surface area contributed by atoms with Gasteiger partial charge in [0.25, 0.3) is 0 Å². The highest BCUT2D eigenvalue weighted by molar-refractivity contribution is 5.76. The number of hydrogen-bond acceptors (Lipinski definition) is 4. The molecule has 19 heavy (non-hydrogen) atoms. The van der Waals surface area contributed by atoms with Gasteiger partial charge in [0.05, 0.1) is 6.10 Å². The summed E-state index contributed by atoms with van der Waals surface area (Å²) in [5.74, 6) is 1.11. The third kappa shape index (κ3) is 3.92. The second kappa shape index (κ2) is 6.52. The fraction of sp³-hybridized carbons (Fsp3) is 0.571. The normalized spacial score (nSPS) is 17.4. The Hall–Kier alpha value is -1.62. The van der Waals surface area contributed by atoms with Gasteiger partial charge in [-0.25, -0.2) is 4.98 Å². The Balaban J connectivity index is 1.81. The first kappa shape index (κ1) is 13.8. The number of carbonyl (C=O) groups is 1. The summed E-state index contributed by atoms with van der Waals surface area (Å²) in [5.41, 5.74) is 0. The molecule has 2 rings (SSSR count). The van der Waals surface area contributed by atoms with E-state index >= 15 is 0 Å². The molecule has 0 aromatic carbocycles. The van der Waals surface area contributed by atoms with Gasteiger partial charge in [0.2, 0.25) is 5.91 Å². The van der Waals surface area contributed by atoms with Crippen LogP contribution >= 0.6 is 0 Å². The lowest BCUT2D eigenvalue weighted by Crippen LogP contribution is -2.49. The number of aromatic nitrogens is 1. The van der Waals surface area contributed by atoms with Gasteiger partial charge in [0, 0.05) is 38.8 Å². The van der Waals surface area contributed by atoms with E-state index in [1.165, 1.54) is 0 Å². The molecule has 1 aliphatic rings. The molecule has 1 aromatic rings. The Bertz CT molecular complexity index is 400. The highest BCUT2D eigenvalue weighted by Gasteiger charge is 2.21. The number of pyridine rings is 1. The third-order valence-electron chi connectivity index (χ3n) is 3.38. The molecule has 0 saturated carbocycles. The molecule has 1 amide bonds. The molecule has 0 radical (unpaired) electrons. The second-order valence-corrected chi connectivity index (χ2v) is 4.94. The van der Waals surface area contributed by atoms with Gasteiger partial charge in [-0.05, 0) is 25.5 Å². The molecule has 1 saturated heterocycles. The smallest absolute Gasteiger partial charge is 0.222 e. The highest BCUT2D eigenvalue weighted by Crippen LogP contribution is 2.13. The molecule has 104 valence electrons. The molecular formula is C14H21N3O2. The maximum absolute atomic E-state index is 11.9. The van der Waals surface area contributed by atoms with Crippen molar-refractivity contribution in [1.29, 1.82) is 0 Å². The Morgan fingerprint density at radius 3 is 2.68 bits per heavy atom. The zero-order valence-corrected chi connectivity index (χ0v) is 11.3. The number of amides is 1. The summed E-state index contributed by atoms with van der Waals surface area (Å²) in [6, 6.07) is 5.87. The van der Waals surface area contributed by atoms with Crippen molar-refractivity contribution >= 4 is 11.7 Å². The number of aliphatic hydroxyl groups excluding tert-OH is 1. The van der Waals surface area contributed by atoms with Crippen molar-refractivity contribution in [2.75, 3.05) is 31.1 Å². The predicted octanol–water partition coefficient (Wildman–Crippen LogP) is 0.891. The van der Waals surface area contributed by atoms with Crippen LogP contribution in [0.25, 0.3) is 0 Å². The molecule has 0 aliphatic carbocycles. The van der Waals surface area contributed by atoms with Crippen LogP contribution in [0, 0.1) is 0 Å². The summed E-state index contributed by atoms with van der Waals surface area (Å²) in [6.45, 7) is 4.81. The Labute approximate surface area is 113 Å². The van der Waals surface area contributed by atoms with Crippen LogP contribution in [0.3, 0.4) is 0 Å². The molecule has 1 atom stereocenters. The quantitative estimate of drug-likeness (QED) is 0.876. The van der Waals surface area contributed by atoms with E-state index in [0.29, 0.717) is 12.8 Å². The molecule has 1 aliphatic heterocycles.